The molecule has 0 saturated carbocycles. The van der Waals surface area contributed by atoms with Gasteiger partial charge in [-0.2, -0.15) is 9.61 Å². The number of nitrogens with one attached hydrogen (secondary N) is 1. The molecule has 5 heterocycles. The molecule has 0 radical (unpaired) electrons. The quantitative estimate of drug-likeness (QED) is 0.393. The third-order valence-electron chi connectivity index (χ3n) is 7.44. The number of fused-ring (bicyclic) bond motifs is 6. The van der Waals surface area contributed by atoms with Gasteiger partial charge in [0.25, 0.3) is 0 Å². The lowest BCUT2D eigenvalue weighted by molar-refractivity contribution is 0.208. The van der Waals surface area contributed by atoms with E-state index in [1.807, 2.05) is 21.5 Å². The summed E-state index contributed by atoms with van der Waals surface area (Å²) in [5, 5.41) is 27.1. The number of nitrogens with zero attached hydrogens (tertiary/aromatic N) is 8. The van der Waals surface area contributed by atoms with E-state index in [9.17, 15) is 5.11 Å². The Balaban J connectivity index is 1.50. The zero-order valence-corrected chi connectivity index (χ0v) is 22.7. The van der Waals surface area contributed by atoms with Crippen molar-refractivity contribution in [3.63, 3.8) is 0 Å². The highest BCUT2D eigenvalue weighted by atomic mass is 16.3. The van der Waals surface area contributed by atoms with Crippen LogP contribution >= 0.6 is 0 Å². The van der Waals surface area contributed by atoms with E-state index in [4.69, 9.17) is 10.1 Å². The van der Waals surface area contributed by atoms with Crippen molar-refractivity contribution in [2.24, 2.45) is 0 Å². The maximum atomic E-state index is 9.83. The second-order valence-corrected chi connectivity index (χ2v) is 10.6. The fourth-order valence-corrected chi connectivity index (χ4v) is 5.33. The van der Waals surface area contributed by atoms with Crippen LogP contribution in [0, 0.1) is 6.92 Å². The van der Waals surface area contributed by atoms with Gasteiger partial charge in [0.15, 0.2) is 5.65 Å². The second-order valence-electron chi connectivity index (χ2n) is 10.6. The molecule has 39 heavy (non-hydrogen) atoms. The molecule has 3 aromatic heterocycles. The second kappa shape index (κ2) is 10.2. The molecule has 2 aliphatic rings. The first-order valence-corrected chi connectivity index (χ1v) is 13.5. The lowest BCUT2D eigenvalue weighted by Gasteiger charge is -2.35. The fraction of sp³-hybridized carbons (Fsp3) is 0.379. The molecule has 10 heteroatoms. The number of benzene rings is 1. The summed E-state index contributed by atoms with van der Waals surface area (Å²) in [4.78, 5) is 9.34. The third-order valence-corrected chi connectivity index (χ3v) is 7.44. The summed E-state index contributed by atoms with van der Waals surface area (Å²) in [5.74, 6) is 1.61. The van der Waals surface area contributed by atoms with E-state index in [0.717, 1.165) is 65.6 Å². The van der Waals surface area contributed by atoms with Crippen molar-refractivity contribution < 1.29 is 5.11 Å². The van der Waals surface area contributed by atoms with Gasteiger partial charge in [-0.25, -0.2) is 9.67 Å². The Morgan fingerprint density at radius 1 is 1.21 bits per heavy atom. The summed E-state index contributed by atoms with van der Waals surface area (Å²) >= 11 is 0. The standard InChI is InChI=1S/C29H35N9O/c1-19-8-9-22-17-36-18-23(32-34-36)10-12-35(4)29-15-27(30-16-20(2)39)31-28-14-25(33-38(28)29)26-7-5-6-11-37(26)21(3)24(22)13-19/h5,7-9,13-15,18,20,26,39H,3,6,10-12,16-17H2,1-2,4H3,(H,30,31)/t20?,26-/m0/s1. The average molecular weight is 526 g/mol. The van der Waals surface area contributed by atoms with Crippen LogP contribution in [-0.4, -0.2) is 72.4 Å². The predicted octanol–water partition coefficient (Wildman–Crippen LogP) is 3.44. The Kier molecular flexibility index (Phi) is 6.56. The molecule has 6 rings (SSSR count). The molecule has 2 N–H and O–H groups in total. The predicted molar refractivity (Wildman–Crippen MR) is 153 cm³/mol. The number of rotatable bonds is 3. The van der Waals surface area contributed by atoms with Gasteiger partial charge < -0.3 is 20.2 Å². The van der Waals surface area contributed by atoms with Gasteiger partial charge in [0.2, 0.25) is 0 Å². The molecule has 1 aromatic carbocycles. The van der Waals surface area contributed by atoms with E-state index in [1.54, 1.807) is 6.92 Å². The highest BCUT2D eigenvalue weighted by molar-refractivity contribution is 5.67. The lowest BCUT2D eigenvalue weighted by Crippen LogP contribution is -2.30. The van der Waals surface area contributed by atoms with Crippen molar-refractivity contribution in [1.29, 1.82) is 0 Å². The zero-order chi connectivity index (χ0) is 27.1. The van der Waals surface area contributed by atoms with Crippen molar-refractivity contribution in [3.8, 4) is 0 Å². The monoisotopic (exact) mass is 525 g/mol. The van der Waals surface area contributed by atoms with Crippen LogP contribution in [0.5, 0.6) is 0 Å². The molecular formula is C29H35N9O. The molecule has 2 atom stereocenters. The fourth-order valence-electron chi connectivity index (χ4n) is 5.33. The number of aliphatic hydroxyl groups is 1. The normalized spacial score (nSPS) is 18.4. The Morgan fingerprint density at radius 2 is 2.08 bits per heavy atom. The minimum atomic E-state index is -0.486. The molecule has 0 amide bonds. The smallest absolute Gasteiger partial charge is 0.160 e. The van der Waals surface area contributed by atoms with Crippen LogP contribution in [0.4, 0.5) is 11.6 Å². The van der Waals surface area contributed by atoms with E-state index < -0.39 is 6.10 Å². The number of aliphatic hydroxyl groups excluding tert-OH is 1. The number of aromatic nitrogens is 6. The maximum Gasteiger partial charge on any atom is 0.160 e. The van der Waals surface area contributed by atoms with Crippen molar-refractivity contribution in [1.82, 2.24) is 34.5 Å². The van der Waals surface area contributed by atoms with Gasteiger partial charge >= 0.3 is 0 Å². The molecule has 0 fully saturated rings. The van der Waals surface area contributed by atoms with Gasteiger partial charge in [-0.3, -0.25) is 0 Å². The number of anilines is 2. The molecule has 10 nitrogen and oxygen atoms in total. The summed E-state index contributed by atoms with van der Waals surface area (Å²) in [6.45, 7) is 11.1. The highest BCUT2D eigenvalue weighted by Crippen LogP contribution is 2.35. The maximum absolute atomic E-state index is 9.83. The van der Waals surface area contributed by atoms with Crippen LogP contribution in [0.2, 0.25) is 0 Å². The van der Waals surface area contributed by atoms with Gasteiger partial charge in [-0.05, 0) is 31.9 Å². The summed E-state index contributed by atoms with van der Waals surface area (Å²) in [6, 6.07) is 10.5. The molecular weight excluding hydrogens is 490 g/mol. The van der Waals surface area contributed by atoms with Crippen molar-refractivity contribution in [2.75, 3.05) is 36.9 Å². The van der Waals surface area contributed by atoms with Crippen LogP contribution in [0.1, 0.15) is 47.5 Å². The summed E-state index contributed by atoms with van der Waals surface area (Å²) in [6.07, 6.45) is 7.66. The number of likely N-dealkylation sites (N-methyl/N-ethyl adjacent to an activating group) is 1. The first-order valence-electron chi connectivity index (χ1n) is 13.5. The Hall–Kier alpha value is -4.18. The summed E-state index contributed by atoms with van der Waals surface area (Å²) in [7, 11) is 2.05. The SMILES string of the molecule is C=C1c2cc(C)ccc2Cn2cc(nn2)CCN(C)c2cc(NCC(C)O)nc3cc(nn23)[C@@H]2C=CCCN12. The minimum absolute atomic E-state index is 0.0702. The number of aryl methyl sites for hydroxylation is 1. The highest BCUT2D eigenvalue weighted by Gasteiger charge is 2.27. The van der Waals surface area contributed by atoms with Crippen LogP contribution in [0.3, 0.4) is 0 Å². The minimum Gasteiger partial charge on any atom is -0.392 e. The van der Waals surface area contributed by atoms with Gasteiger partial charge in [-0.1, -0.05) is 41.6 Å². The molecule has 0 saturated heterocycles. The van der Waals surface area contributed by atoms with Crippen molar-refractivity contribution in [3.05, 3.63) is 83.3 Å². The molecule has 4 bridgehead atoms. The van der Waals surface area contributed by atoms with E-state index in [2.05, 4.69) is 82.4 Å². The van der Waals surface area contributed by atoms with E-state index in [-0.39, 0.29) is 6.04 Å². The zero-order valence-electron chi connectivity index (χ0n) is 22.7. The molecule has 0 spiro atoms. The molecule has 1 unspecified atom stereocenters. The van der Waals surface area contributed by atoms with Crippen LogP contribution in [0.25, 0.3) is 11.3 Å². The molecule has 202 valence electrons. The molecule has 2 aliphatic heterocycles. The Morgan fingerprint density at radius 3 is 2.92 bits per heavy atom. The summed E-state index contributed by atoms with van der Waals surface area (Å²) in [5.41, 5.74) is 7.03. The van der Waals surface area contributed by atoms with E-state index >= 15 is 0 Å². The van der Waals surface area contributed by atoms with Gasteiger partial charge in [0.1, 0.15) is 11.6 Å². The first-order chi connectivity index (χ1) is 18.9. The topological polar surface area (TPSA) is 99.6 Å². The lowest BCUT2D eigenvalue weighted by atomic mass is 9.98. The van der Waals surface area contributed by atoms with Gasteiger partial charge in [-0.15, -0.1) is 5.10 Å². The van der Waals surface area contributed by atoms with E-state index in [1.165, 1.54) is 5.56 Å². The number of hydrogen-bond donors (Lipinski definition) is 2. The largest absolute Gasteiger partial charge is 0.392 e. The average Bonchev–Trinajstić information content (AvgIpc) is 3.57. The Bertz CT molecular complexity index is 1550. The summed E-state index contributed by atoms with van der Waals surface area (Å²) < 4.78 is 3.82. The van der Waals surface area contributed by atoms with E-state index in [0.29, 0.717) is 18.9 Å². The van der Waals surface area contributed by atoms with Gasteiger partial charge in [0, 0.05) is 62.7 Å². The van der Waals surface area contributed by atoms with Crippen molar-refractivity contribution in [2.45, 2.75) is 45.4 Å². The van der Waals surface area contributed by atoms with Crippen LogP contribution < -0.4 is 10.2 Å². The van der Waals surface area contributed by atoms with Crippen LogP contribution in [-0.2, 0) is 13.0 Å². The Labute approximate surface area is 228 Å². The first kappa shape index (κ1) is 25.1. The van der Waals surface area contributed by atoms with Crippen LogP contribution in [0.15, 0.2) is 55.3 Å². The van der Waals surface area contributed by atoms with Crippen molar-refractivity contribution >= 4 is 23.0 Å². The molecule has 4 aromatic rings. The molecule has 0 aliphatic carbocycles. The van der Waals surface area contributed by atoms with Gasteiger partial charge in [0.05, 0.1) is 30.1 Å². The number of hydrogen-bond acceptors (Lipinski definition) is 8. The third kappa shape index (κ3) is 4.99.